The van der Waals surface area contributed by atoms with Crippen molar-refractivity contribution in [2.75, 3.05) is 18.7 Å². The summed E-state index contributed by atoms with van der Waals surface area (Å²) in [5, 5.41) is 2.06. The van der Waals surface area contributed by atoms with Crippen LogP contribution in [0.1, 0.15) is 5.56 Å². The van der Waals surface area contributed by atoms with Crippen LogP contribution in [0.4, 0.5) is 5.69 Å². The van der Waals surface area contributed by atoms with Gasteiger partial charge < -0.3 is 4.74 Å². The van der Waals surface area contributed by atoms with E-state index in [-0.39, 0.29) is 0 Å². The SMILES string of the molecule is COc1ccc(C2=CN(c3ccccc3)NC2)cc1. The molecule has 0 aliphatic carbocycles. The number of nitrogens with one attached hydrogen (secondary N) is 1. The minimum Gasteiger partial charge on any atom is -0.497 e. The highest BCUT2D eigenvalue weighted by Gasteiger charge is 2.14. The number of para-hydroxylation sites is 1. The second-order valence-corrected chi connectivity index (χ2v) is 4.42. The summed E-state index contributed by atoms with van der Waals surface area (Å²) in [5.41, 5.74) is 6.99. The van der Waals surface area contributed by atoms with Crippen LogP contribution in [0.15, 0.2) is 60.8 Å². The second kappa shape index (κ2) is 5.16. The molecule has 1 N–H and O–H groups in total. The first-order valence-electron chi connectivity index (χ1n) is 6.30. The van der Waals surface area contributed by atoms with E-state index in [1.165, 1.54) is 11.1 Å². The fourth-order valence-electron chi connectivity index (χ4n) is 2.15. The summed E-state index contributed by atoms with van der Waals surface area (Å²) in [6.07, 6.45) is 2.14. The van der Waals surface area contributed by atoms with Crippen molar-refractivity contribution >= 4 is 11.3 Å². The quantitative estimate of drug-likeness (QED) is 0.908. The molecule has 96 valence electrons. The van der Waals surface area contributed by atoms with E-state index in [0.717, 1.165) is 18.0 Å². The van der Waals surface area contributed by atoms with E-state index in [9.17, 15) is 0 Å². The molecule has 2 aromatic carbocycles. The number of ether oxygens (including phenoxy) is 1. The van der Waals surface area contributed by atoms with Gasteiger partial charge >= 0.3 is 0 Å². The van der Waals surface area contributed by atoms with Crippen molar-refractivity contribution in [2.45, 2.75) is 0 Å². The summed E-state index contributed by atoms with van der Waals surface area (Å²) in [4.78, 5) is 0. The van der Waals surface area contributed by atoms with Crippen LogP contribution in [0.5, 0.6) is 5.75 Å². The Bertz CT molecular complexity index is 575. The van der Waals surface area contributed by atoms with Crippen molar-refractivity contribution in [1.82, 2.24) is 5.43 Å². The summed E-state index contributed by atoms with van der Waals surface area (Å²) in [6.45, 7) is 0.835. The Labute approximate surface area is 113 Å². The Morgan fingerprint density at radius 3 is 2.42 bits per heavy atom. The van der Waals surface area contributed by atoms with Crippen LogP contribution in [-0.2, 0) is 0 Å². The molecule has 3 rings (SSSR count). The van der Waals surface area contributed by atoms with E-state index in [1.54, 1.807) is 7.11 Å². The maximum atomic E-state index is 5.18. The van der Waals surface area contributed by atoms with Crippen LogP contribution in [-0.4, -0.2) is 13.7 Å². The zero-order valence-electron chi connectivity index (χ0n) is 10.8. The standard InChI is InChI=1S/C16H16N2O/c1-19-16-9-7-13(8-10-16)14-11-17-18(12-14)15-5-3-2-4-6-15/h2-10,12,17H,11H2,1H3. The number of methoxy groups -OCH3 is 1. The number of anilines is 1. The van der Waals surface area contributed by atoms with Gasteiger partial charge in [0.15, 0.2) is 0 Å². The Morgan fingerprint density at radius 1 is 1.00 bits per heavy atom. The number of hydrazine groups is 1. The lowest BCUT2D eigenvalue weighted by atomic mass is 10.1. The van der Waals surface area contributed by atoms with Gasteiger partial charge in [-0.2, -0.15) is 0 Å². The summed E-state index contributed by atoms with van der Waals surface area (Å²) >= 11 is 0. The van der Waals surface area contributed by atoms with Crippen LogP contribution >= 0.6 is 0 Å². The lowest BCUT2D eigenvalue weighted by Crippen LogP contribution is -2.28. The zero-order chi connectivity index (χ0) is 13.1. The van der Waals surface area contributed by atoms with E-state index >= 15 is 0 Å². The predicted molar refractivity (Wildman–Crippen MR) is 77.9 cm³/mol. The highest BCUT2D eigenvalue weighted by atomic mass is 16.5. The fourth-order valence-corrected chi connectivity index (χ4v) is 2.15. The van der Waals surface area contributed by atoms with Gasteiger partial charge in [0, 0.05) is 12.7 Å². The van der Waals surface area contributed by atoms with Gasteiger partial charge in [-0.3, -0.25) is 5.01 Å². The van der Waals surface area contributed by atoms with Crippen molar-refractivity contribution in [3.05, 3.63) is 66.4 Å². The van der Waals surface area contributed by atoms with Crippen molar-refractivity contribution in [3.8, 4) is 5.75 Å². The molecular formula is C16H16N2O. The molecule has 1 aliphatic rings. The number of nitrogens with zero attached hydrogens (tertiary/aromatic N) is 1. The van der Waals surface area contributed by atoms with Crippen molar-refractivity contribution in [3.63, 3.8) is 0 Å². The maximum Gasteiger partial charge on any atom is 0.118 e. The van der Waals surface area contributed by atoms with E-state index < -0.39 is 0 Å². The van der Waals surface area contributed by atoms with Crippen molar-refractivity contribution in [1.29, 1.82) is 0 Å². The summed E-state index contributed by atoms with van der Waals surface area (Å²) in [5.74, 6) is 0.884. The molecule has 0 bridgehead atoms. The van der Waals surface area contributed by atoms with Gasteiger partial charge in [0.1, 0.15) is 5.75 Å². The van der Waals surface area contributed by atoms with E-state index in [2.05, 4.69) is 40.9 Å². The topological polar surface area (TPSA) is 24.5 Å². The average molecular weight is 252 g/mol. The first kappa shape index (κ1) is 11.8. The minimum absolute atomic E-state index is 0.835. The molecule has 0 spiro atoms. The van der Waals surface area contributed by atoms with Gasteiger partial charge in [-0.15, -0.1) is 0 Å². The molecule has 0 saturated heterocycles. The largest absolute Gasteiger partial charge is 0.497 e. The molecule has 19 heavy (non-hydrogen) atoms. The van der Waals surface area contributed by atoms with Gasteiger partial charge in [0.05, 0.1) is 12.8 Å². The molecule has 0 amide bonds. The van der Waals surface area contributed by atoms with Crippen molar-refractivity contribution < 1.29 is 4.74 Å². The molecule has 1 aliphatic heterocycles. The molecular weight excluding hydrogens is 236 g/mol. The van der Waals surface area contributed by atoms with Crippen LogP contribution in [0.2, 0.25) is 0 Å². The highest BCUT2D eigenvalue weighted by molar-refractivity contribution is 5.73. The average Bonchev–Trinajstić information content (AvgIpc) is 2.98. The molecule has 0 fully saturated rings. The van der Waals surface area contributed by atoms with Crippen LogP contribution in [0, 0.1) is 0 Å². The van der Waals surface area contributed by atoms with Crippen LogP contribution in [0.3, 0.4) is 0 Å². The molecule has 3 heteroatoms. The molecule has 0 aromatic heterocycles. The fraction of sp³-hybridized carbons (Fsp3) is 0.125. The number of rotatable bonds is 3. The third-order valence-corrected chi connectivity index (χ3v) is 3.22. The van der Waals surface area contributed by atoms with Gasteiger partial charge in [0.2, 0.25) is 0 Å². The first-order valence-corrected chi connectivity index (χ1v) is 6.30. The summed E-state index contributed by atoms with van der Waals surface area (Å²) in [7, 11) is 1.68. The first-order chi connectivity index (χ1) is 9.36. The molecule has 1 heterocycles. The lowest BCUT2D eigenvalue weighted by molar-refractivity contribution is 0.415. The molecule has 2 aromatic rings. The minimum atomic E-state index is 0.835. The van der Waals surface area contributed by atoms with E-state index in [0.29, 0.717) is 0 Å². The second-order valence-electron chi connectivity index (χ2n) is 4.42. The molecule has 3 nitrogen and oxygen atoms in total. The van der Waals surface area contributed by atoms with Gasteiger partial charge in [-0.25, -0.2) is 5.43 Å². The number of benzene rings is 2. The Kier molecular flexibility index (Phi) is 3.21. The summed E-state index contributed by atoms with van der Waals surface area (Å²) < 4.78 is 5.18. The Hall–Kier alpha value is -2.26. The maximum absolute atomic E-state index is 5.18. The number of hydrogen-bond donors (Lipinski definition) is 1. The Balaban J connectivity index is 1.82. The van der Waals surface area contributed by atoms with Gasteiger partial charge in [-0.05, 0) is 35.4 Å². The third kappa shape index (κ3) is 2.46. The normalized spacial score (nSPS) is 14.4. The van der Waals surface area contributed by atoms with Crippen molar-refractivity contribution in [2.24, 2.45) is 0 Å². The molecule has 0 unspecified atom stereocenters. The molecule has 0 radical (unpaired) electrons. The predicted octanol–water partition coefficient (Wildman–Crippen LogP) is 3.06. The summed E-state index contributed by atoms with van der Waals surface area (Å²) in [6, 6.07) is 18.4. The third-order valence-electron chi connectivity index (χ3n) is 3.22. The van der Waals surface area contributed by atoms with E-state index in [4.69, 9.17) is 4.74 Å². The smallest absolute Gasteiger partial charge is 0.118 e. The number of hydrogen-bond acceptors (Lipinski definition) is 3. The van der Waals surface area contributed by atoms with Gasteiger partial charge in [0.25, 0.3) is 0 Å². The molecule has 0 atom stereocenters. The Morgan fingerprint density at radius 2 is 1.74 bits per heavy atom. The van der Waals surface area contributed by atoms with Gasteiger partial charge in [-0.1, -0.05) is 30.3 Å². The monoisotopic (exact) mass is 252 g/mol. The van der Waals surface area contributed by atoms with E-state index in [1.807, 2.05) is 30.3 Å². The lowest BCUT2D eigenvalue weighted by Gasteiger charge is -2.14. The highest BCUT2D eigenvalue weighted by Crippen LogP contribution is 2.24. The van der Waals surface area contributed by atoms with Crippen LogP contribution < -0.4 is 15.2 Å². The van der Waals surface area contributed by atoms with Crippen LogP contribution in [0.25, 0.3) is 5.57 Å². The molecule has 0 saturated carbocycles. The zero-order valence-corrected chi connectivity index (χ0v) is 10.8.